The Morgan fingerprint density at radius 2 is 2.57 bits per heavy atom. The van der Waals surface area contributed by atoms with E-state index in [0.29, 0.717) is 11.3 Å². The fraction of sp³-hybridized carbons (Fsp3) is 0. The predicted molar refractivity (Wildman–Crippen MR) is 22.8 cm³/mol. The van der Waals surface area contributed by atoms with Crippen molar-refractivity contribution in [3.05, 3.63) is 21.1 Å². The minimum Gasteiger partial charge on any atom is -0.419 e. The van der Waals surface area contributed by atoms with E-state index in [0.717, 1.165) is 6.26 Å². The second-order valence-corrected chi connectivity index (χ2v) is 1.82. The highest BCUT2D eigenvalue weighted by Gasteiger charge is 1.91. The third kappa shape index (κ3) is 0.866. The van der Waals surface area contributed by atoms with Gasteiger partial charge in [-0.3, -0.25) is 0 Å². The first kappa shape index (κ1) is 4.52. The molecule has 2 nitrogen and oxygen atoms in total. The van der Waals surface area contributed by atoms with Gasteiger partial charge in [-0.25, -0.2) is 4.79 Å². The minimum absolute atomic E-state index is 0.454. The largest absolute Gasteiger partial charge is 0.419 e. The van der Waals surface area contributed by atoms with E-state index in [1.807, 2.05) is 0 Å². The van der Waals surface area contributed by atoms with Crippen molar-refractivity contribution >= 4 is 11.3 Å². The molecule has 0 fully saturated rings. The zero-order valence-corrected chi connectivity index (χ0v) is 4.00. The van der Waals surface area contributed by atoms with Crippen molar-refractivity contribution in [1.29, 1.82) is 0 Å². The van der Waals surface area contributed by atoms with Gasteiger partial charge in [0, 0.05) is 0 Å². The fourth-order valence-electron chi connectivity index (χ4n) is 0.222. The van der Waals surface area contributed by atoms with E-state index in [-0.39, 0.29) is 0 Å². The maximum atomic E-state index is 11.7. The Kier molecular flexibility index (Phi) is 0.941. The summed E-state index contributed by atoms with van der Waals surface area (Å²) in [6.07, 6.45) is 0.785. The van der Waals surface area contributed by atoms with Crippen LogP contribution in [0, 0.1) is 5.13 Å². The molecule has 0 spiro atoms. The van der Waals surface area contributed by atoms with E-state index in [1.54, 1.807) is 0 Å². The topological polar surface area (TPSA) is 30.2 Å². The van der Waals surface area contributed by atoms with Gasteiger partial charge in [0.1, 0.15) is 6.26 Å². The normalized spacial score (nSPS) is 9.29. The average molecular weight is 120 g/mol. The van der Waals surface area contributed by atoms with Crippen LogP contribution in [0.2, 0.25) is 0 Å². The van der Waals surface area contributed by atoms with Gasteiger partial charge in [0.05, 0.1) is 0 Å². The molecule has 0 amide bonds. The Bertz CT molecular complexity index is 201. The molecular weight excluding hydrogens is 119 g/mol. The summed E-state index contributed by atoms with van der Waals surface area (Å²) in [4.78, 5) is 9.30. The van der Waals surface area contributed by atoms with Crippen LogP contribution in [0.15, 0.2) is 15.5 Å². The monoisotopic (exact) mass is 120 g/mol. The van der Waals surface area contributed by atoms with Crippen LogP contribution in [0.1, 0.15) is 0 Å². The van der Waals surface area contributed by atoms with Gasteiger partial charge in [0.25, 0.3) is 0 Å². The second kappa shape index (κ2) is 1.46. The molecule has 0 aliphatic rings. The Morgan fingerprint density at radius 3 is 2.71 bits per heavy atom. The van der Waals surface area contributed by atoms with Crippen LogP contribution in [0.5, 0.6) is 0 Å². The lowest BCUT2D eigenvalue weighted by atomic mass is 11.0. The first-order chi connectivity index (χ1) is 3.29. The summed E-state index contributed by atoms with van der Waals surface area (Å²) >= 11 is 0.454. The minimum atomic E-state index is -0.600. The van der Waals surface area contributed by atoms with Gasteiger partial charge in [-0.2, -0.15) is 4.39 Å². The SMILES string of the molecule is O=c1occ(F)s1. The van der Waals surface area contributed by atoms with Crippen molar-refractivity contribution < 1.29 is 8.81 Å². The van der Waals surface area contributed by atoms with Crippen LogP contribution in [0.25, 0.3) is 0 Å². The maximum absolute atomic E-state index is 11.7. The molecule has 0 aliphatic carbocycles. The highest BCUT2D eigenvalue weighted by Crippen LogP contribution is 1.96. The van der Waals surface area contributed by atoms with Crippen molar-refractivity contribution in [3.63, 3.8) is 0 Å². The molecule has 38 valence electrons. The predicted octanol–water partition coefficient (Wildman–Crippen LogP) is 0.840. The van der Waals surface area contributed by atoms with Gasteiger partial charge in [-0.05, 0) is 11.3 Å². The van der Waals surface area contributed by atoms with Crippen molar-refractivity contribution in [2.75, 3.05) is 0 Å². The quantitative estimate of drug-likeness (QED) is 0.507. The first-order valence-electron chi connectivity index (χ1n) is 1.53. The van der Waals surface area contributed by atoms with Gasteiger partial charge in [-0.1, -0.05) is 0 Å². The second-order valence-electron chi connectivity index (χ2n) is 0.892. The van der Waals surface area contributed by atoms with Crippen molar-refractivity contribution in [1.82, 2.24) is 0 Å². The van der Waals surface area contributed by atoms with Crippen molar-refractivity contribution in [3.8, 4) is 0 Å². The Balaban J connectivity index is 3.30. The standard InChI is InChI=1S/C3HFO2S/c4-2-1-6-3(5)7-2/h1H. The van der Waals surface area contributed by atoms with Gasteiger partial charge >= 0.3 is 4.94 Å². The molecule has 0 atom stereocenters. The molecule has 0 unspecified atom stereocenters. The van der Waals surface area contributed by atoms with Crippen molar-refractivity contribution in [2.24, 2.45) is 0 Å². The summed E-state index contributed by atoms with van der Waals surface area (Å²) in [5, 5.41) is -0.579. The summed E-state index contributed by atoms with van der Waals surface area (Å²) in [5.41, 5.74) is 0. The summed E-state index contributed by atoms with van der Waals surface area (Å²) in [6.45, 7) is 0. The maximum Gasteiger partial charge on any atom is 0.397 e. The highest BCUT2D eigenvalue weighted by atomic mass is 32.1. The molecule has 0 aromatic carbocycles. The molecule has 1 heterocycles. The molecule has 1 rings (SSSR count). The Morgan fingerprint density at radius 1 is 1.86 bits per heavy atom. The van der Waals surface area contributed by atoms with Crippen LogP contribution in [0.4, 0.5) is 4.39 Å². The van der Waals surface area contributed by atoms with Gasteiger partial charge in [-0.15, -0.1) is 0 Å². The first-order valence-corrected chi connectivity index (χ1v) is 2.35. The number of halogens is 1. The van der Waals surface area contributed by atoms with Gasteiger partial charge in [0.15, 0.2) is 0 Å². The molecule has 7 heavy (non-hydrogen) atoms. The molecule has 0 N–H and O–H groups in total. The van der Waals surface area contributed by atoms with Crippen LogP contribution in [-0.2, 0) is 0 Å². The lowest BCUT2D eigenvalue weighted by molar-refractivity contribution is 0.507. The molecule has 0 bridgehead atoms. The zero-order chi connectivity index (χ0) is 5.28. The number of hydrogen-bond donors (Lipinski definition) is 0. The van der Waals surface area contributed by atoms with E-state index in [9.17, 15) is 9.18 Å². The summed E-state index contributed by atoms with van der Waals surface area (Å²) in [7, 11) is 0. The van der Waals surface area contributed by atoms with Crippen LogP contribution < -0.4 is 4.94 Å². The zero-order valence-electron chi connectivity index (χ0n) is 3.18. The van der Waals surface area contributed by atoms with Crippen LogP contribution >= 0.6 is 11.3 Å². The van der Waals surface area contributed by atoms with E-state index < -0.39 is 10.1 Å². The average Bonchev–Trinajstić information content (AvgIpc) is 1.87. The molecule has 0 saturated heterocycles. The third-order valence-electron chi connectivity index (χ3n) is 0.429. The molecule has 0 saturated carbocycles. The fourth-order valence-corrected chi connectivity index (χ4v) is 0.574. The summed E-state index contributed by atoms with van der Waals surface area (Å²) < 4.78 is 15.7. The van der Waals surface area contributed by atoms with E-state index >= 15 is 0 Å². The number of rotatable bonds is 0. The lowest BCUT2D eigenvalue weighted by Gasteiger charge is -1.55. The molecule has 4 heteroatoms. The molecule has 0 radical (unpaired) electrons. The molecule has 1 aromatic heterocycles. The summed E-state index contributed by atoms with van der Waals surface area (Å²) in [5.74, 6) is 0. The van der Waals surface area contributed by atoms with Crippen molar-refractivity contribution in [2.45, 2.75) is 0 Å². The Labute approximate surface area is 42.2 Å². The van der Waals surface area contributed by atoms with E-state index in [1.165, 1.54) is 0 Å². The molecule has 1 aromatic rings. The van der Waals surface area contributed by atoms with Crippen LogP contribution in [0.3, 0.4) is 0 Å². The highest BCUT2D eigenvalue weighted by molar-refractivity contribution is 7.07. The van der Waals surface area contributed by atoms with Gasteiger partial charge in [0.2, 0.25) is 5.13 Å². The lowest BCUT2D eigenvalue weighted by Crippen LogP contribution is -1.78. The number of hydrogen-bond acceptors (Lipinski definition) is 3. The molecular formula is C3HFO2S. The smallest absolute Gasteiger partial charge is 0.397 e. The molecule has 0 aliphatic heterocycles. The van der Waals surface area contributed by atoms with E-state index in [4.69, 9.17) is 0 Å². The van der Waals surface area contributed by atoms with E-state index in [2.05, 4.69) is 4.42 Å². The van der Waals surface area contributed by atoms with Gasteiger partial charge < -0.3 is 4.42 Å². The third-order valence-corrected chi connectivity index (χ3v) is 0.983. The van der Waals surface area contributed by atoms with Crippen LogP contribution in [-0.4, -0.2) is 0 Å². The Hall–Kier alpha value is -0.640. The summed E-state index contributed by atoms with van der Waals surface area (Å²) in [6, 6.07) is 0.